The Labute approximate surface area is 191 Å². The van der Waals surface area contributed by atoms with Crippen molar-refractivity contribution in [2.24, 2.45) is 0 Å². The van der Waals surface area contributed by atoms with Crippen LogP contribution < -0.4 is 19.5 Å². The highest BCUT2D eigenvalue weighted by Crippen LogP contribution is 2.31. The number of pyridine rings is 1. The standard InChI is InChI=1S/C23H22Cl2N2O4/c1-15(27-23(28)14-31-21-12-18(24)4-5-19(21)25)17-3-6-20(22(11-17)29-2)30-13-16-7-9-26-10-8-16/h3-12,15H,13-14H2,1-2H3,(H,27,28). The Kier molecular flexibility index (Phi) is 7.98. The van der Waals surface area contributed by atoms with Gasteiger partial charge in [-0.25, -0.2) is 0 Å². The lowest BCUT2D eigenvalue weighted by Gasteiger charge is -2.17. The Bertz CT molecular complexity index is 1030. The second-order valence-corrected chi connectivity index (χ2v) is 7.55. The number of carbonyl (C=O) groups is 1. The van der Waals surface area contributed by atoms with Gasteiger partial charge in [0.1, 0.15) is 12.4 Å². The number of nitrogens with one attached hydrogen (secondary N) is 1. The first-order valence-electron chi connectivity index (χ1n) is 9.53. The second kappa shape index (κ2) is 10.9. The Morgan fingerprint density at radius 2 is 1.77 bits per heavy atom. The van der Waals surface area contributed by atoms with Crippen molar-refractivity contribution in [3.63, 3.8) is 0 Å². The number of rotatable bonds is 9. The summed E-state index contributed by atoms with van der Waals surface area (Å²) >= 11 is 12.0. The zero-order chi connectivity index (χ0) is 22.2. The molecule has 1 N–H and O–H groups in total. The summed E-state index contributed by atoms with van der Waals surface area (Å²) in [6.45, 7) is 2.08. The van der Waals surface area contributed by atoms with E-state index in [-0.39, 0.29) is 18.6 Å². The largest absolute Gasteiger partial charge is 0.493 e. The van der Waals surface area contributed by atoms with Gasteiger partial charge in [0.15, 0.2) is 18.1 Å². The van der Waals surface area contributed by atoms with E-state index in [0.717, 1.165) is 11.1 Å². The summed E-state index contributed by atoms with van der Waals surface area (Å²) in [4.78, 5) is 16.3. The number of carbonyl (C=O) groups excluding carboxylic acids is 1. The Morgan fingerprint density at radius 1 is 1.00 bits per heavy atom. The van der Waals surface area contributed by atoms with Gasteiger partial charge in [0.25, 0.3) is 5.91 Å². The predicted molar refractivity (Wildman–Crippen MR) is 120 cm³/mol. The van der Waals surface area contributed by atoms with E-state index in [0.29, 0.717) is 33.9 Å². The van der Waals surface area contributed by atoms with Gasteiger partial charge in [-0.1, -0.05) is 29.3 Å². The fourth-order valence-electron chi connectivity index (χ4n) is 2.81. The predicted octanol–water partition coefficient (Wildman–Crippen LogP) is 5.23. The molecule has 0 fully saturated rings. The second-order valence-electron chi connectivity index (χ2n) is 6.71. The molecule has 1 atom stereocenters. The molecule has 3 rings (SSSR count). The minimum absolute atomic E-state index is 0.186. The van der Waals surface area contributed by atoms with Gasteiger partial charge in [0.2, 0.25) is 0 Å². The molecule has 1 aromatic heterocycles. The molecule has 162 valence electrons. The van der Waals surface area contributed by atoms with E-state index in [9.17, 15) is 4.79 Å². The molecule has 1 amide bonds. The average molecular weight is 461 g/mol. The first kappa shape index (κ1) is 22.7. The summed E-state index contributed by atoms with van der Waals surface area (Å²) in [6, 6.07) is 13.9. The summed E-state index contributed by atoms with van der Waals surface area (Å²) in [7, 11) is 1.57. The normalized spacial score (nSPS) is 11.5. The smallest absolute Gasteiger partial charge is 0.258 e. The highest BCUT2D eigenvalue weighted by atomic mass is 35.5. The van der Waals surface area contributed by atoms with Crippen molar-refractivity contribution in [3.8, 4) is 17.2 Å². The number of hydrogen-bond donors (Lipinski definition) is 1. The van der Waals surface area contributed by atoms with Gasteiger partial charge in [-0.2, -0.15) is 0 Å². The summed E-state index contributed by atoms with van der Waals surface area (Å²) in [5.74, 6) is 1.25. The first-order chi connectivity index (χ1) is 15.0. The molecule has 0 aliphatic rings. The Balaban J connectivity index is 1.58. The maximum atomic E-state index is 12.3. The molecule has 6 nitrogen and oxygen atoms in total. The van der Waals surface area contributed by atoms with E-state index < -0.39 is 0 Å². The number of halogens is 2. The Hall–Kier alpha value is -2.96. The van der Waals surface area contributed by atoms with E-state index >= 15 is 0 Å². The molecule has 8 heteroatoms. The van der Waals surface area contributed by atoms with E-state index in [2.05, 4.69) is 10.3 Å². The zero-order valence-electron chi connectivity index (χ0n) is 17.1. The molecule has 0 spiro atoms. The molecule has 31 heavy (non-hydrogen) atoms. The fraction of sp³-hybridized carbons (Fsp3) is 0.217. The molecule has 0 radical (unpaired) electrons. The first-order valence-corrected chi connectivity index (χ1v) is 10.3. The molecule has 0 aliphatic heterocycles. The summed E-state index contributed by atoms with van der Waals surface area (Å²) < 4.78 is 16.8. The lowest BCUT2D eigenvalue weighted by Crippen LogP contribution is -2.31. The van der Waals surface area contributed by atoms with E-state index in [1.807, 2.05) is 37.3 Å². The molecular weight excluding hydrogens is 439 g/mol. The van der Waals surface area contributed by atoms with Gasteiger partial charge in [-0.05, 0) is 54.4 Å². The highest BCUT2D eigenvalue weighted by Gasteiger charge is 2.14. The number of nitrogens with zero attached hydrogens (tertiary/aromatic N) is 1. The molecule has 0 aliphatic carbocycles. The van der Waals surface area contributed by atoms with Crippen molar-refractivity contribution in [1.29, 1.82) is 0 Å². The number of hydrogen-bond acceptors (Lipinski definition) is 5. The van der Waals surface area contributed by atoms with Crippen molar-refractivity contribution in [1.82, 2.24) is 10.3 Å². The van der Waals surface area contributed by atoms with Crippen LogP contribution in [0.15, 0.2) is 60.9 Å². The molecule has 0 bridgehead atoms. The van der Waals surface area contributed by atoms with Crippen molar-refractivity contribution >= 4 is 29.1 Å². The van der Waals surface area contributed by atoms with Gasteiger partial charge in [0.05, 0.1) is 18.2 Å². The highest BCUT2D eigenvalue weighted by molar-refractivity contribution is 6.34. The number of amides is 1. The van der Waals surface area contributed by atoms with Crippen LogP contribution in [-0.2, 0) is 11.4 Å². The molecule has 0 saturated heterocycles. The Morgan fingerprint density at radius 3 is 2.52 bits per heavy atom. The van der Waals surface area contributed by atoms with Crippen LogP contribution in [0, 0.1) is 0 Å². The third kappa shape index (κ3) is 6.51. The fourth-order valence-corrected chi connectivity index (χ4v) is 3.14. The van der Waals surface area contributed by atoms with Crippen LogP contribution in [0.3, 0.4) is 0 Å². The van der Waals surface area contributed by atoms with Gasteiger partial charge in [0, 0.05) is 23.5 Å². The van der Waals surface area contributed by atoms with Crippen molar-refractivity contribution < 1.29 is 19.0 Å². The number of methoxy groups -OCH3 is 1. The molecule has 1 heterocycles. The molecule has 0 saturated carbocycles. The van der Waals surface area contributed by atoms with Crippen molar-refractivity contribution in [3.05, 3.63) is 82.1 Å². The SMILES string of the molecule is COc1cc(C(C)NC(=O)COc2cc(Cl)ccc2Cl)ccc1OCc1ccncc1. The van der Waals surface area contributed by atoms with Gasteiger partial charge in [-0.15, -0.1) is 0 Å². The quantitative estimate of drug-likeness (QED) is 0.473. The third-order valence-corrected chi connectivity index (χ3v) is 5.01. The van der Waals surface area contributed by atoms with Crippen LogP contribution in [0.1, 0.15) is 24.1 Å². The van der Waals surface area contributed by atoms with Crippen LogP contribution in [0.25, 0.3) is 0 Å². The van der Waals surface area contributed by atoms with Gasteiger partial charge >= 0.3 is 0 Å². The molecule has 3 aromatic rings. The van der Waals surface area contributed by atoms with E-state index in [1.54, 1.807) is 37.7 Å². The van der Waals surface area contributed by atoms with E-state index in [4.69, 9.17) is 37.4 Å². The molecule has 1 unspecified atom stereocenters. The van der Waals surface area contributed by atoms with Crippen molar-refractivity contribution in [2.45, 2.75) is 19.6 Å². The lowest BCUT2D eigenvalue weighted by molar-refractivity contribution is -0.123. The van der Waals surface area contributed by atoms with Crippen LogP contribution in [-0.4, -0.2) is 24.6 Å². The average Bonchev–Trinajstić information content (AvgIpc) is 2.78. The summed E-state index contributed by atoms with van der Waals surface area (Å²) in [5.41, 5.74) is 1.86. The van der Waals surface area contributed by atoms with Crippen LogP contribution in [0.4, 0.5) is 0 Å². The zero-order valence-corrected chi connectivity index (χ0v) is 18.6. The van der Waals surface area contributed by atoms with Crippen molar-refractivity contribution in [2.75, 3.05) is 13.7 Å². The maximum Gasteiger partial charge on any atom is 0.258 e. The van der Waals surface area contributed by atoms with Gasteiger partial charge < -0.3 is 19.5 Å². The van der Waals surface area contributed by atoms with Crippen LogP contribution >= 0.6 is 23.2 Å². The topological polar surface area (TPSA) is 69.7 Å². The minimum atomic E-state index is -0.291. The summed E-state index contributed by atoms with van der Waals surface area (Å²) in [6.07, 6.45) is 3.43. The summed E-state index contributed by atoms with van der Waals surface area (Å²) in [5, 5.41) is 3.75. The van der Waals surface area contributed by atoms with E-state index in [1.165, 1.54) is 0 Å². The molecular formula is C23H22Cl2N2O4. The van der Waals surface area contributed by atoms with Crippen LogP contribution in [0.5, 0.6) is 17.2 Å². The lowest BCUT2D eigenvalue weighted by atomic mass is 10.1. The monoisotopic (exact) mass is 460 g/mol. The third-order valence-electron chi connectivity index (χ3n) is 4.46. The molecule has 2 aromatic carbocycles. The van der Waals surface area contributed by atoms with Gasteiger partial charge in [-0.3, -0.25) is 9.78 Å². The maximum absolute atomic E-state index is 12.3. The van der Waals surface area contributed by atoms with Crippen LogP contribution in [0.2, 0.25) is 10.0 Å². The number of benzene rings is 2. The number of aromatic nitrogens is 1. The number of ether oxygens (including phenoxy) is 3. The minimum Gasteiger partial charge on any atom is -0.493 e.